The second-order valence-electron chi connectivity index (χ2n) is 6.95. The Balaban J connectivity index is 1.63. The number of carbonyl (C=O) groups excluding carboxylic acids is 1. The van der Waals surface area contributed by atoms with Crippen LogP contribution in [0.5, 0.6) is 0 Å². The van der Waals surface area contributed by atoms with Gasteiger partial charge in [-0.15, -0.1) is 0 Å². The maximum Gasteiger partial charge on any atom is 0.137 e. The van der Waals surface area contributed by atoms with Crippen LogP contribution in [-0.2, 0) is 4.79 Å². The highest BCUT2D eigenvalue weighted by Gasteiger charge is 2.31. The van der Waals surface area contributed by atoms with E-state index < -0.39 is 0 Å². The van der Waals surface area contributed by atoms with Gasteiger partial charge in [-0.1, -0.05) is 30.9 Å². The highest BCUT2D eigenvalue weighted by Crippen LogP contribution is 2.44. The first-order valence-electron chi connectivity index (χ1n) is 7.94. The van der Waals surface area contributed by atoms with Crippen molar-refractivity contribution in [3.63, 3.8) is 0 Å². The van der Waals surface area contributed by atoms with Gasteiger partial charge in [0.2, 0.25) is 0 Å². The van der Waals surface area contributed by atoms with E-state index in [9.17, 15) is 4.79 Å². The first-order chi connectivity index (χ1) is 8.72. The number of hydrogen-bond donors (Lipinski definition) is 0. The van der Waals surface area contributed by atoms with E-state index in [1.54, 1.807) is 5.57 Å². The fourth-order valence-electron chi connectivity index (χ4n) is 4.37. The predicted octanol–water partition coefficient (Wildman–Crippen LogP) is 4.66. The molecule has 3 rings (SSSR count). The fourth-order valence-corrected chi connectivity index (χ4v) is 4.37. The molecule has 1 heteroatoms. The monoisotopic (exact) mass is 246 g/mol. The normalized spacial score (nSPS) is 37.6. The van der Waals surface area contributed by atoms with Gasteiger partial charge in [0.1, 0.15) is 5.78 Å². The van der Waals surface area contributed by atoms with E-state index in [0.717, 1.165) is 37.0 Å². The Bertz CT molecular complexity index is 358. The van der Waals surface area contributed by atoms with Crippen LogP contribution in [0.4, 0.5) is 0 Å². The van der Waals surface area contributed by atoms with Crippen LogP contribution >= 0.6 is 0 Å². The van der Waals surface area contributed by atoms with Crippen molar-refractivity contribution in [1.29, 1.82) is 0 Å². The first kappa shape index (κ1) is 12.4. The average molecular weight is 246 g/mol. The molecule has 0 aliphatic heterocycles. The molecule has 0 aromatic rings. The molecule has 1 saturated carbocycles. The molecule has 0 aromatic heterocycles. The van der Waals surface area contributed by atoms with Crippen molar-refractivity contribution in [3.8, 4) is 0 Å². The van der Waals surface area contributed by atoms with Crippen LogP contribution in [0.25, 0.3) is 0 Å². The van der Waals surface area contributed by atoms with Crippen molar-refractivity contribution in [3.05, 3.63) is 11.1 Å². The predicted molar refractivity (Wildman–Crippen MR) is 74.3 cm³/mol. The summed E-state index contributed by atoms with van der Waals surface area (Å²) >= 11 is 0. The summed E-state index contributed by atoms with van der Waals surface area (Å²) in [6.45, 7) is 2.41. The summed E-state index contributed by atoms with van der Waals surface area (Å²) in [6, 6.07) is 0. The minimum Gasteiger partial charge on any atom is -0.299 e. The van der Waals surface area contributed by atoms with E-state index in [1.807, 2.05) is 0 Å². The molecule has 0 amide bonds. The summed E-state index contributed by atoms with van der Waals surface area (Å²) in [5.74, 6) is 3.39. The van der Waals surface area contributed by atoms with E-state index in [-0.39, 0.29) is 0 Å². The fraction of sp³-hybridized carbons (Fsp3) is 0.824. The molecular weight excluding hydrogens is 220 g/mol. The van der Waals surface area contributed by atoms with Crippen LogP contribution in [0.15, 0.2) is 11.1 Å². The summed E-state index contributed by atoms with van der Waals surface area (Å²) in [6.07, 6.45) is 12.5. The maximum absolute atomic E-state index is 11.5. The smallest absolute Gasteiger partial charge is 0.137 e. The third-order valence-electron chi connectivity index (χ3n) is 5.67. The van der Waals surface area contributed by atoms with E-state index in [0.29, 0.717) is 5.78 Å². The minimum absolute atomic E-state index is 0.485. The number of carbonyl (C=O) groups is 1. The van der Waals surface area contributed by atoms with Crippen molar-refractivity contribution < 1.29 is 4.79 Å². The zero-order chi connectivity index (χ0) is 12.5. The molecule has 0 radical (unpaired) electrons. The molecule has 18 heavy (non-hydrogen) atoms. The third-order valence-corrected chi connectivity index (χ3v) is 5.67. The lowest BCUT2D eigenvalue weighted by Crippen LogP contribution is -2.25. The quantitative estimate of drug-likeness (QED) is 0.615. The van der Waals surface area contributed by atoms with Crippen molar-refractivity contribution in [2.45, 2.75) is 71.1 Å². The van der Waals surface area contributed by atoms with Gasteiger partial charge < -0.3 is 0 Å². The molecule has 1 fully saturated rings. The summed E-state index contributed by atoms with van der Waals surface area (Å²) in [4.78, 5) is 11.5. The zero-order valence-electron chi connectivity index (χ0n) is 11.7. The van der Waals surface area contributed by atoms with Gasteiger partial charge in [-0.2, -0.15) is 0 Å². The summed E-state index contributed by atoms with van der Waals surface area (Å²) in [5, 5.41) is 0. The lowest BCUT2D eigenvalue weighted by atomic mass is 9.68. The number of allylic oxidation sites excluding steroid dienone is 2. The van der Waals surface area contributed by atoms with Crippen LogP contribution in [0, 0.1) is 17.8 Å². The van der Waals surface area contributed by atoms with Crippen LogP contribution in [0.1, 0.15) is 71.1 Å². The Morgan fingerprint density at radius 2 is 1.61 bits per heavy atom. The SMILES string of the molecule is CC1CCC(C2CCC3=C(CCC(=O)C3)C2)CC1. The third kappa shape index (κ3) is 2.55. The van der Waals surface area contributed by atoms with Crippen LogP contribution < -0.4 is 0 Å². The number of Topliss-reactive ketones (excluding diaryl/α,β-unsaturated/α-hetero) is 1. The van der Waals surface area contributed by atoms with Crippen molar-refractivity contribution in [2.24, 2.45) is 17.8 Å². The first-order valence-corrected chi connectivity index (χ1v) is 7.94. The molecule has 0 bridgehead atoms. The van der Waals surface area contributed by atoms with Gasteiger partial charge in [-0.25, -0.2) is 0 Å². The molecular formula is C17H26O. The van der Waals surface area contributed by atoms with Crippen LogP contribution in [0.3, 0.4) is 0 Å². The number of rotatable bonds is 1. The van der Waals surface area contributed by atoms with Crippen LogP contribution in [0.2, 0.25) is 0 Å². The Labute approximate surface area is 111 Å². The summed E-state index contributed by atoms with van der Waals surface area (Å²) < 4.78 is 0. The average Bonchev–Trinajstić information content (AvgIpc) is 2.39. The van der Waals surface area contributed by atoms with Crippen LogP contribution in [-0.4, -0.2) is 5.78 Å². The lowest BCUT2D eigenvalue weighted by molar-refractivity contribution is -0.118. The van der Waals surface area contributed by atoms with Gasteiger partial charge in [0.25, 0.3) is 0 Å². The summed E-state index contributed by atoms with van der Waals surface area (Å²) in [7, 11) is 0. The number of ketones is 1. The topological polar surface area (TPSA) is 17.1 Å². The molecule has 3 aliphatic carbocycles. The molecule has 3 aliphatic rings. The minimum atomic E-state index is 0.485. The zero-order valence-corrected chi connectivity index (χ0v) is 11.7. The van der Waals surface area contributed by atoms with Gasteiger partial charge in [0.15, 0.2) is 0 Å². The Morgan fingerprint density at radius 1 is 0.833 bits per heavy atom. The van der Waals surface area contributed by atoms with Gasteiger partial charge in [0.05, 0.1) is 0 Å². The second-order valence-corrected chi connectivity index (χ2v) is 6.95. The van der Waals surface area contributed by atoms with E-state index in [1.165, 1.54) is 50.5 Å². The molecule has 0 heterocycles. The molecule has 1 unspecified atom stereocenters. The van der Waals surface area contributed by atoms with E-state index >= 15 is 0 Å². The molecule has 1 nitrogen and oxygen atoms in total. The van der Waals surface area contributed by atoms with Crippen molar-refractivity contribution in [1.82, 2.24) is 0 Å². The van der Waals surface area contributed by atoms with E-state index in [2.05, 4.69) is 6.92 Å². The molecule has 0 spiro atoms. The highest BCUT2D eigenvalue weighted by molar-refractivity contribution is 5.82. The van der Waals surface area contributed by atoms with Gasteiger partial charge in [-0.05, 0) is 56.3 Å². The van der Waals surface area contributed by atoms with Gasteiger partial charge in [-0.3, -0.25) is 4.79 Å². The van der Waals surface area contributed by atoms with Gasteiger partial charge >= 0.3 is 0 Å². The molecule has 0 aromatic carbocycles. The van der Waals surface area contributed by atoms with Crippen molar-refractivity contribution >= 4 is 5.78 Å². The van der Waals surface area contributed by atoms with Crippen molar-refractivity contribution in [2.75, 3.05) is 0 Å². The Kier molecular flexibility index (Phi) is 3.59. The Morgan fingerprint density at radius 3 is 2.39 bits per heavy atom. The van der Waals surface area contributed by atoms with Gasteiger partial charge in [0, 0.05) is 12.8 Å². The highest BCUT2D eigenvalue weighted by atomic mass is 16.1. The molecule has 100 valence electrons. The molecule has 1 atom stereocenters. The Hall–Kier alpha value is -0.590. The second kappa shape index (κ2) is 5.19. The molecule has 0 saturated heterocycles. The largest absolute Gasteiger partial charge is 0.299 e. The number of hydrogen-bond acceptors (Lipinski definition) is 1. The standard InChI is InChI=1S/C17H26O/c1-12-2-4-13(5-3-12)14-6-7-16-11-17(18)9-8-15(16)10-14/h12-14H,2-11H2,1H3. The maximum atomic E-state index is 11.5. The lowest BCUT2D eigenvalue weighted by Gasteiger charge is -2.37. The molecule has 0 N–H and O–H groups in total. The summed E-state index contributed by atoms with van der Waals surface area (Å²) in [5.41, 5.74) is 3.22. The van der Waals surface area contributed by atoms with E-state index in [4.69, 9.17) is 0 Å².